The van der Waals surface area contributed by atoms with Crippen LogP contribution < -0.4 is 19.5 Å². The summed E-state index contributed by atoms with van der Waals surface area (Å²) < 4.78 is 17.0. The van der Waals surface area contributed by atoms with E-state index in [1.807, 2.05) is 50.2 Å². The predicted molar refractivity (Wildman–Crippen MR) is 107 cm³/mol. The van der Waals surface area contributed by atoms with Crippen LogP contribution in [0.4, 0.5) is 0 Å². The Morgan fingerprint density at radius 2 is 1.79 bits per heavy atom. The molecule has 2 rings (SSSR count). The fourth-order valence-corrected chi connectivity index (χ4v) is 2.64. The Morgan fingerprint density at radius 1 is 1.04 bits per heavy atom. The number of amides is 1. The van der Waals surface area contributed by atoms with Gasteiger partial charge >= 0.3 is 0 Å². The molecule has 0 saturated heterocycles. The van der Waals surface area contributed by atoms with E-state index < -0.39 is 0 Å². The van der Waals surface area contributed by atoms with Crippen LogP contribution in [0.1, 0.15) is 23.1 Å². The minimum Gasteiger partial charge on any atom is -0.493 e. The standard InChI is InChI=1S/C22H26N2O4/c1-16-4-5-17(2)20(14-16)27-12-13-28-21-15-18(6-7-19(21)26-3)9-11-24-22(25)8-10-23/h4-7,14-15H,8-9,11-13H2,1-3H3,(H,24,25). The molecule has 0 aromatic heterocycles. The van der Waals surface area contributed by atoms with Crippen LogP contribution >= 0.6 is 0 Å². The van der Waals surface area contributed by atoms with Gasteiger partial charge in [-0.25, -0.2) is 0 Å². The van der Waals surface area contributed by atoms with Gasteiger partial charge in [0.1, 0.15) is 25.4 Å². The Balaban J connectivity index is 1.88. The van der Waals surface area contributed by atoms with Crippen molar-refractivity contribution in [3.63, 3.8) is 0 Å². The fraction of sp³-hybridized carbons (Fsp3) is 0.364. The fourth-order valence-electron chi connectivity index (χ4n) is 2.64. The van der Waals surface area contributed by atoms with Gasteiger partial charge < -0.3 is 19.5 Å². The van der Waals surface area contributed by atoms with Gasteiger partial charge in [-0.3, -0.25) is 4.79 Å². The van der Waals surface area contributed by atoms with Gasteiger partial charge in [0.2, 0.25) is 5.91 Å². The van der Waals surface area contributed by atoms with Crippen LogP contribution in [0, 0.1) is 25.2 Å². The zero-order chi connectivity index (χ0) is 20.4. The summed E-state index contributed by atoms with van der Waals surface area (Å²) in [6.07, 6.45) is 0.508. The summed E-state index contributed by atoms with van der Waals surface area (Å²) in [5.74, 6) is 1.87. The number of nitrogens with zero attached hydrogens (tertiary/aromatic N) is 1. The SMILES string of the molecule is COc1ccc(CCNC(=O)CC#N)cc1OCCOc1cc(C)ccc1C. The maximum atomic E-state index is 11.3. The van der Waals surface area contributed by atoms with Gasteiger partial charge in [-0.2, -0.15) is 5.26 Å². The van der Waals surface area contributed by atoms with E-state index in [0.717, 1.165) is 22.4 Å². The monoisotopic (exact) mass is 382 g/mol. The molecule has 0 bridgehead atoms. The molecule has 0 aliphatic carbocycles. The van der Waals surface area contributed by atoms with Gasteiger partial charge in [0.05, 0.1) is 13.2 Å². The zero-order valence-electron chi connectivity index (χ0n) is 16.6. The third kappa shape index (κ3) is 6.51. The average molecular weight is 382 g/mol. The second-order valence-corrected chi connectivity index (χ2v) is 6.39. The van der Waals surface area contributed by atoms with Crippen LogP contribution in [0.5, 0.6) is 17.2 Å². The Kier molecular flexibility index (Phi) is 8.16. The van der Waals surface area contributed by atoms with Crippen molar-refractivity contribution < 1.29 is 19.0 Å². The molecule has 0 unspecified atom stereocenters. The Morgan fingerprint density at radius 3 is 2.50 bits per heavy atom. The topological polar surface area (TPSA) is 80.6 Å². The summed E-state index contributed by atoms with van der Waals surface area (Å²) in [4.78, 5) is 11.3. The van der Waals surface area contributed by atoms with Crippen molar-refractivity contribution in [3.8, 4) is 23.3 Å². The Labute approximate surface area is 166 Å². The molecule has 0 heterocycles. The molecule has 2 aromatic carbocycles. The molecular formula is C22H26N2O4. The van der Waals surface area contributed by atoms with Crippen molar-refractivity contribution in [1.82, 2.24) is 5.32 Å². The number of carbonyl (C=O) groups excluding carboxylic acids is 1. The lowest BCUT2D eigenvalue weighted by Gasteiger charge is -2.14. The van der Waals surface area contributed by atoms with Gasteiger partial charge in [-0.05, 0) is 55.2 Å². The van der Waals surface area contributed by atoms with E-state index in [0.29, 0.717) is 37.7 Å². The first-order chi connectivity index (χ1) is 13.5. The second-order valence-electron chi connectivity index (χ2n) is 6.39. The van der Waals surface area contributed by atoms with Gasteiger partial charge in [0.25, 0.3) is 0 Å². The number of benzene rings is 2. The Bertz CT molecular complexity index is 843. The van der Waals surface area contributed by atoms with Crippen LogP contribution in [0.15, 0.2) is 36.4 Å². The number of hydrogen-bond donors (Lipinski definition) is 1. The zero-order valence-corrected chi connectivity index (χ0v) is 16.6. The lowest BCUT2D eigenvalue weighted by atomic mass is 10.1. The minimum absolute atomic E-state index is 0.128. The van der Waals surface area contributed by atoms with Crippen LogP contribution in [-0.2, 0) is 11.2 Å². The number of nitrogens with one attached hydrogen (secondary N) is 1. The molecule has 148 valence electrons. The third-order valence-electron chi connectivity index (χ3n) is 4.15. The highest BCUT2D eigenvalue weighted by molar-refractivity contribution is 5.77. The summed E-state index contributed by atoms with van der Waals surface area (Å²) in [7, 11) is 1.59. The van der Waals surface area contributed by atoms with Crippen LogP contribution in [0.2, 0.25) is 0 Å². The Hall–Kier alpha value is -3.20. The van der Waals surface area contributed by atoms with Crippen molar-refractivity contribution in [1.29, 1.82) is 5.26 Å². The number of rotatable bonds is 10. The van der Waals surface area contributed by atoms with E-state index in [-0.39, 0.29) is 12.3 Å². The van der Waals surface area contributed by atoms with Gasteiger partial charge in [-0.15, -0.1) is 0 Å². The van der Waals surface area contributed by atoms with E-state index in [1.54, 1.807) is 7.11 Å². The first-order valence-electron chi connectivity index (χ1n) is 9.17. The first-order valence-corrected chi connectivity index (χ1v) is 9.17. The highest BCUT2D eigenvalue weighted by atomic mass is 16.5. The van der Waals surface area contributed by atoms with Gasteiger partial charge in [0.15, 0.2) is 11.5 Å². The molecule has 1 amide bonds. The molecule has 28 heavy (non-hydrogen) atoms. The number of nitriles is 1. The largest absolute Gasteiger partial charge is 0.493 e. The van der Waals surface area contributed by atoms with Crippen molar-refractivity contribution in [2.75, 3.05) is 26.9 Å². The predicted octanol–water partition coefficient (Wildman–Crippen LogP) is 3.34. The quantitative estimate of drug-likeness (QED) is 0.638. The highest BCUT2D eigenvalue weighted by Gasteiger charge is 2.07. The highest BCUT2D eigenvalue weighted by Crippen LogP contribution is 2.28. The molecule has 6 heteroatoms. The summed E-state index contributed by atoms with van der Waals surface area (Å²) in [5, 5.41) is 11.2. The minimum atomic E-state index is -0.268. The number of aryl methyl sites for hydroxylation is 2. The summed E-state index contributed by atoms with van der Waals surface area (Å²) in [6, 6.07) is 13.6. The van der Waals surface area contributed by atoms with Crippen LogP contribution in [0.25, 0.3) is 0 Å². The summed E-state index contributed by atoms with van der Waals surface area (Å²) >= 11 is 0. The molecule has 0 spiro atoms. The number of ether oxygens (including phenoxy) is 3. The lowest BCUT2D eigenvalue weighted by molar-refractivity contribution is -0.120. The smallest absolute Gasteiger partial charge is 0.234 e. The molecule has 6 nitrogen and oxygen atoms in total. The van der Waals surface area contributed by atoms with E-state index in [9.17, 15) is 4.79 Å². The molecular weight excluding hydrogens is 356 g/mol. The molecule has 1 N–H and O–H groups in total. The average Bonchev–Trinajstić information content (AvgIpc) is 2.68. The van der Waals surface area contributed by atoms with Crippen molar-refractivity contribution >= 4 is 5.91 Å². The van der Waals surface area contributed by atoms with Gasteiger partial charge in [-0.1, -0.05) is 18.2 Å². The van der Waals surface area contributed by atoms with Crippen molar-refractivity contribution in [3.05, 3.63) is 53.1 Å². The van der Waals surface area contributed by atoms with Crippen molar-refractivity contribution in [2.45, 2.75) is 26.7 Å². The van der Waals surface area contributed by atoms with Gasteiger partial charge in [0, 0.05) is 6.54 Å². The molecule has 0 aliphatic heterocycles. The van der Waals surface area contributed by atoms with E-state index in [1.165, 1.54) is 0 Å². The molecule has 0 atom stereocenters. The van der Waals surface area contributed by atoms with Crippen LogP contribution in [-0.4, -0.2) is 32.8 Å². The van der Waals surface area contributed by atoms with E-state index in [2.05, 4.69) is 11.4 Å². The molecule has 0 radical (unpaired) electrons. The molecule has 2 aromatic rings. The maximum absolute atomic E-state index is 11.3. The lowest BCUT2D eigenvalue weighted by Crippen LogP contribution is -2.24. The van der Waals surface area contributed by atoms with E-state index in [4.69, 9.17) is 19.5 Å². The van der Waals surface area contributed by atoms with E-state index >= 15 is 0 Å². The first kappa shape index (κ1) is 21.1. The van der Waals surface area contributed by atoms with Crippen molar-refractivity contribution in [2.24, 2.45) is 0 Å². The summed E-state index contributed by atoms with van der Waals surface area (Å²) in [6.45, 7) is 5.30. The number of methoxy groups -OCH3 is 1. The molecule has 0 fully saturated rings. The number of carbonyl (C=O) groups is 1. The maximum Gasteiger partial charge on any atom is 0.234 e. The second kappa shape index (κ2) is 10.8. The molecule has 0 aliphatic rings. The normalized spacial score (nSPS) is 10.1. The van der Waals surface area contributed by atoms with Crippen LogP contribution in [0.3, 0.4) is 0 Å². The third-order valence-corrected chi connectivity index (χ3v) is 4.15. The summed E-state index contributed by atoms with van der Waals surface area (Å²) in [5.41, 5.74) is 3.24. The number of hydrogen-bond acceptors (Lipinski definition) is 5. The molecule has 0 saturated carbocycles.